The summed E-state index contributed by atoms with van der Waals surface area (Å²) in [4.78, 5) is 37.5. The number of para-hydroxylation sites is 1. The number of benzene rings is 2. The highest BCUT2D eigenvalue weighted by atomic mass is 16.7. The van der Waals surface area contributed by atoms with E-state index >= 15 is 0 Å². The van der Waals surface area contributed by atoms with Crippen molar-refractivity contribution in [3.8, 4) is 17.6 Å². The molecule has 1 heterocycles. The second-order valence-electron chi connectivity index (χ2n) is 5.88. The van der Waals surface area contributed by atoms with Crippen molar-refractivity contribution in [3.63, 3.8) is 0 Å². The molecule has 0 spiro atoms. The number of nitrogens with zero attached hydrogens (tertiary/aromatic N) is 2. The third-order valence-electron chi connectivity index (χ3n) is 3.98. The molecule has 0 fully saturated rings. The molecule has 0 radical (unpaired) electrons. The SMILES string of the molecule is N#CCN(C(=O)COC(=O)CNC(=O)c1ccc2c(c1)OCO2)c1ccccc1. The van der Waals surface area contributed by atoms with Gasteiger partial charge in [0, 0.05) is 11.3 Å². The second kappa shape index (κ2) is 9.23. The molecule has 29 heavy (non-hydrogen) atoms. The third-order valence-corrected chi connectivity index (χ3v) is 3.98. The fourth-order valence-corrected chi connectivity index (χ4v) is 2.57. The van der Waals surface area contributed by atoms with E-state index < -0.39 is 30.9 Å². The average molecular weight is 395 g/mol. The number of hydrogen-bond donors (Lipinski definition) is 1. The number of anilines is 1. The summed E-state index contributed by atoms with van der Waals surface area (Å²) < 4.78 is 15.3. The number of nitriles is 1. The van der Waals surface area contributed by atoms with Gasteiger partial charge < -0.3 is 19.5 Å². The van der Waals surface area contributed by atoms with E-state index in [-0.39, 0.29) is 13.3 Å². The fourth-order valence-electron chi connectivity index (χ4n) is 2.57. The van der Waals surface area contributed by atoms with Gasteiger partial charge in [0.05, 0.1) is 6.07 Å². The van der Waals surface area contributed by atoms with Crippen molar-refractivity contribution in [3.05, 3.63) is 54.1 Å². The van der Waals surface area contributed by atoms with Gasteiger partial charge in [0.1, 0.15) is 13.1 Å². The van der Waals surface area contributed by atoms with Crippen LogP contribution in [0.5, 0.6) is 11.5 Å². The largest absolute Gasteiger partial charge is 0.454 e. The highest BCUT2D eigenvalue weighted by Crippen LogP contribution is 2.32. The van der Waals surface area contributed by atoms with Crippen molar-refractivity contribution in [1.82, 2.24) is 5.32 Å². The zero-order chi connectivity index (χ0) is 20.6. The lowest BCUT2D eigenvalue weighted by Gasteiger charge is -2.19. The first-order valence-corrected chi connectivity index (χ1v) is 8.64. The number of fused-ring (bicyclic) bond motifs is 1. The van der Waals surface area contributed by atoms with Crippen LogP contribution in [0.25, 0.3) is 0 Å². The van der Waals surface area contributed by atoms with Crippen molar-refractivity contribution >= 4 is 23.5 Å². The molecule has 1 aliphatic rings. The zero-order valence-corrected chi connectivity index (χ0v) is 15.3. The van der Waals surface area contributed by atoms with Crippen LogP contribution < -0.4 is 19.7 Å². The van der Waals surface area contributed by atoms with E-state index in [1.807, 2.05) is 6.07 Å². The molecular formula is C20H17N3O6. The molecule has 0 aliphatic carbocycles. The first kappa shape index (κ1) is 19.7. The van der Waals surface area contributed by atoms with Crippen LogP contribution >= 0.6 is 0 Å². The van der Waals surface area contributed by atoms with Crippen molar-refractivity contribution in [2.24, 2.45) is 0 Å². The molecular weight excluding hydrogens is 378 g/mol. The number of rotatable bonds is 7. The zero-order valence-electron chi connectivity index (χ0n) is 15.3. The number of esters is 1. The molecule has 0 unspecified atom stereocenters. The maximum atomic E-state index is 12.3. The highest BCUT2D eigenvalue weighted by Gasteiger charge is 2.19. The Morgan fingerprint density at radius 3 is 2.62 bits per heavy atom. The quantitative estimate of drug-likeness (QED) is 0.554. The van der Waals surface area contributed by atoms with Crippen LogP contribution in [-0.4, -0.2) is 44.3 Å². The standard InChI is InChI=1S/C20H17N3O6/c21-8-9-23(15-4-2-1-3-5-15)18(24)12-27-19(25)11-22-20(26)14-6-7-16-17(10-14)29-13-28-16/h1-7,10H,9,11-13H2,(H,22,26). The number of carbonyl (C=O) groups excluding carboxylic acids is 3. The Balaban J connectivity index is 1.48. The van der Waals surface area contributed by atoms with Gasteiger partial charge in [-0.1, -0.05) is 18.2 Å². The van der Waals surface area contributed by atoms with Crippen molar-refractivity contribution in [2.75, 3.05) is 31.4 Å². The summed E-state index contributed by atoms with van der Waals surface area (Å²) >= 11 is 0. The van der Waals surface area contributed by atoms with Gasteiger partial charge in [-0.15, -0.1) is 0 Å². The van der Waals surface area contributed by atoms with E-state index in [1.165, 1.54) is 17.0 Å². The first-order valence-electron chi connectivity index (χ1n) is 8.64. The third kappa shape index (κ3) is 5.01. The monoisotopic (exact) mass is 395 g/mol. The molecule has 9 heteroatoms. The van der Waals surface area contributed by atoms with E-state index in [0.717, 1.165) is 0 Å². The van der Waals surface area contributed by atoms with E-state index in [1.54, 1.807) is 36.4 Å². The Morgan fingerprint density at radius 2 is 1.86 bits per heavy atom. The topological polar surface area (TPSA) is 118 Å². The molecule has 0 bridgehead atoms. The minimum atomic E-state index is -0.780. The normalized spacial score (nSPS) is 11.3. The number of carbonyl (C=O) groups is 3. The summed E-state index contributed by atoms with van der Waals surface area (Å²) in [5.41, 5.74) is 0.814. The van der Waals surface area contributed by atoms with Gasteiger partial charge in [-0.05, 0) is 30.3 Å². The summed E-state index contributed by atoms with van der Waals surface area (Å²) in [6.07, 6.45) is 0. The Kier molecular flexibility index (Phi) is 6.27. The molecule has 148 valence electrons. The Bertz CT molecular complexity index is 954. The van der Waals surface area contributed by atoms with Crippen molar-refractivity contribution in [1.29, 1.82) is 5.26 Å². The minimum absolute atomic E-state index is 0.0898. The Labute approximate surface area is 166 Å². The highest BCUT2D eigenvalue weighted by molar-refractivity contribution is 5.97. The smallest absolute Gasteiger partial charge is 0.325 e. The number of amides is 2. The molecule has 0 aromatic heterocycles. The summed E-state index contributed by atoms with van der Waals surface area (Å²) in [5.74, 6) is -0.836. The molecule has 1 N–H and O–H groups in total. The van der Waals surface area contributed by atoms with Crippen LogP contribution in [-0.2, 0) is 14.3 Å². The second-order valence-corrected chi connectivity index (χ2v) is 5.88. The predicted octanol–water partition coefficient (Wildman–Crippen LogP) is 1.25. The maximum absolute atomic E-state index is 12.3. The van der Waals surface area contributed by atoms with Gasteiger partial charge in [0.2, 0.25) is 6.79 Å². The summed E-state index contributed by atoms with van der Waals surface area (Å²) in [5, 5.41) is 11.3. The molecule has 0 saturated carbocycles. The molecule has 1 aliphatic heterocycles. The minimum Gasteiger partial charge on any atom is -0.454 e. The fraction of sp³-hybridized carbons (Fsp3) is 0.200. The van der Waals surface area contributed by atoms with Crippen LogP contribution in [0.3, 0.4) is 0 Å². The summed E-state index contributed by atoms with van der Waals surface area (Å²) in [6.45, 7) is -1.05. The average Bonchev–Trinajstić information content (AvgIpc) is 3.22. The number of hydrogen-bond acceptors (Lipinski definition) is 7. The summed E-state index contributed by atoms with van der Waals surface area (Å²) in [7, 11) is 0. The van der Waals surface area contributed by atoms with Crippen molar-refractivity contribution < 1.29 is 28.6 Å². The van der Waals surface area contributed by atoms with E-state index in [0.29, 0.717) is 22.7 Å². The number of ether oxygens (including phenoxy) is 3. The van der Waals surface area contributed by atoms with Crippen LogP contribution in [0.1, 0.15) is 10.4 Å². The van der Waals surface area contributed by atoms with Crippen LogP contribution in [0.4, 0.5) is 5.69 Å². The van der Waals surface area contributed by atoms with E-state index in [9.17, 15) is 14.4 Å². The molecule has 2 amide bonds. The number of nitrogens with one attached hydrogen (secondary N) is 1. The Hall–Kier alpha value is -4.06. The van der Waals surface area contributed by atoms with Gasteiger partial charge in [0.15, 0.2) is 18.1 Å². The molecule has 2 aromatic rings. The van der Waals surface area contributed by atoms with Gasteiger partial charge in [-0.3, -0.25) is 19.3 Å². The lowest BCUT2D eigenvalue weighted by molar-refractivity contribution is -0.146. The van der Waals surface area contributed by atoms with Crippen molar-refractivity contribution in [2.45, 2.75) is 0 Å². The Morgan fingerprint density at radius 1 is 1.10 bits per heavy atom. The van der Waals surface area contributed by atoms with Crippen LogP contribution in [0.15, 0.2) is 48.5 Å². The lowest BCUT2D eigenvalue weighted by atomic mass is 10.2. The van der Waals surface area contributed by atoms with Gasteiger partial charge in [0.25, 0.3) is 11.8 Å². The first-order chi connectivity index (χ1) is 14.1. The van der Waals surface area contributed by atoms with Gasteiger partial charge in [-0.2, -0.15) is 5.26 Å². The van der Waals surface area contributed by atoms with E-state index in [2.05, 4.69) is 5.32 Å². The molecule has 0 atom stereocenters. The molecule has 9 nitrogen and oxygen atoms in total. The van der Waals surface area contributed by atoms with Crippen LogP contribution in [0, 0.1) is 11.3 Å². The van der Waals surface area contributed by atoms with Gasteiger partial charge in [-0.25, -0.2) is 0 Å². The molecule has 3 rings (SSSR count). The van der Waals surface area contributed by atoms with Gasteiger partial charge >= 0.3 is 5.97 Å². The predicted molar refractivity (Wildman–Crippen MR) is 100 cm³/mol. The lowest BCUT2D eigenvalue weighted by Crippen LogP contribution is -2.37. The summed E-state index contributed by atoms with van der Waals surface area (Å²) in [6, 6.07) is 15.1. The molecule has 0 saturated heterocycles. The van der Waals surface area contributed by atoms with E-state index in [4.69, 9.17) is 19.5 Å². The molecule has 2 aromatic carbocycles. The van der Waals surface area contributed by atoms with Crippen LogP contribution in [0.2, 0.25) is 0 Å². The maximum Gasteiger partial charge on any atom is 0.325 e.